The van der Waals surface area contributed by atoms with Crippen molar-refractivity contribution in [3.8, 4) is 6.07 Å². The largest absolute Gasteiger partial charge is 0.364 e. The van der Waals surface area contributed by atoms with E-state index < -0.39 is 11.6 Å². The SMILES string of the molecule is CC1CCCCN1c1c(F)cc(C#N)cc1F. The molecule has 1 saturated heterocycles. The minimum Gasteiger partial charge on any atom is -0.364 e. The topological polar surface area (TPSA) is 27.0 Å². The summed E-state index contributed by atoms with van der Waals surface area (Å²) in [5.41, 5.74) is 0.0320. The van der Waals surface area contributed by atoms with Crippen molar-refractivity contribution in [3.05, 3.63) is 29.3 Å². The fourth-order valence-corrected chi connectivity index (χ4v) is 2.33. The van der Waals surface area contributed by atoms with Gasteiger partial charge in [-0.25, -0.2) is 8.78 Å². The Morgan fingerprint density at radius 1 is 1.29 bits per heavy atom. The van der Waals surface area contributed by atoms with Crippen LogP contribution in [0.4, 0.5) is 14.5 Å². The van der Waals surface area contributed by atoms with Gasteiger partial charge in [0.25, 0.3) is 0 Å². The van der Waals surface area contributed by atoms with Crippen LogP contribution in [-0.2, 0) is 0 Å². The van der Waals surface area contributed by atoms with E-state index in [-0.39, 0.29) is 17.3 Å². The van der Waals surface area contributed by atoms with Gasteiger partial charge in [0.2, 0.25) is 0 Å². The van der Waals surface area contributed by atoms with Crippen LogP contribution in [0.25, 0.3) is 0 Å². The first-order chi connectivity index (χ1) is 8.13. The molecule has 1 aromatic rings. The summed E-state index contributed by atoms with van der Waals surface area (Å²) in [5.74, 6) is -1.29. The Morgan fingerprint density at radius 2 is 1.94 bits per heavy atom. The van der Waals surface area contributed by atoms with Crippen LogP contribution in [0.5, 0.6) is 0 Å². The molecule has 0 aromatic heterocycles. The summed E-state index contributed by atoms with van der Waals surface area (Å²) in [5, 5.41) is 8.64. The monoisotopic (exact) mass is 236 g/mol. The van der Waals surface area contributed by atoms with Gasteiger partial charge in [0, 0.05) is 12.6 Å². The summed E-state index contributed by atoms with van der Waals surface area (Å²) in [6.07, 6.45) is 2.99. The molecule has 4 heteroatoms. The first-order valence-electron chi connectivity index (χ1n) is 5.79. The number of anilines is 1. The third kappa shape index (κ3) is 2.23. The molecule has 1 heterocycles. The highest BCUT2D eigenvalue weighted by atomic mass is 19.1. The van der Waals surface area contributed by atoms with E-state index in [2.05, 4.69) is 0 Å². The normalized spacial score (nSPS) is 20.1. The zero-order chi connectivity index (χ0) is 12.4. The van der Waals surface area contributed by atoms with E-state index in [4.69, 9.17) is 5.26 Å². The standard InChI is InChI=1S/C13H14F2N2/c1-9-4-2-3-5-17(9)13-11(14)6-10(8-16)7-12(13)15/h6-7,9H,2-5H2,1H3. The van der Waals surface area contributed by atoms with Gasteiger partial charge in [-0.05, 0) is 38.3 Å². The lowest BCUT2D eigenvalue weighted by Gasteiger charge is -2.35. The molecule has 2 nitrogen and oxygen atoms in total. The number of benzene rings is 1. The summed E-state index contributed by atoms with van der Waals surface area (Å²) in [4.78, 5) is 1.76. The third-order valence-electron chi connectivity index (χ3n) is 3.24. The molecule has 0 amide bonds. The second kappa shape index (κ2) is 4.70. The van der Waals surface area contributed by atoms with E-state index in [1.54, 1.807) is 11.0 Å². The molecule has 0 saturated carbocycles. The third-order valence-corrected chi connectivity index (χ3v) is 3.24. The van der Waals surface area contributed by atoms with Gasteiger partial charge in [0.05, 0.1) is 11.6 Å². The Labute approximate surface area is 99.5 Å². The summed E-state index contributed by atoms with van der Waals surface area (Å²) in [7, 11) is 0. The maximum atomic E-state index is 13.8. The van der Waals surface area contributed by atoms with E-state index >= 15 is 0 Å². The molecule has 1 atom stereocenters. The zero-order valence-electron chi connectivity index (χ0n) is 9.71. The van der Waals surface area contributed by atoms with Crippen LogP contribution in [0.1, 0.15) is 31.7 Å². The van der Waals surface area contributed by atoms with Gasteiger partial charge in [0.1, 0.15) is 5.69 Å². The maximum Gasteiger partial charge on any atom is 0.150 e. The Kier molecular flexibility index (Phi) is 3.28. The quantitative estimate of drug-likeness (QED) is 0.748. The van der Waals surface area contributed by atoms with Crippen molar-refractivity contribution >= 4 is 5.69 Å². The first-order valence-corrected chi connectivity index (χ1v) is 5.79. The number of hydrogen-bond donors (Lipinski definition) is 0. The molecule has 1 aliphatic rings. The fourth-order valence-electron chi connectivity index (χ4n) is 2.33. The number of nitriles is 1. The summed E-state index contributed by atoms with van der Waals surface area (Å²) >= 11 is 0. The number of nitrogens with zero attached hydrogens (tertiary/aromatic N) is 2. The smallest absolute Gasteiger partial charge is 0.150 e. The van der Waals surface area contributed by atoms with Gasteiger partial charge in [-0.2, -0.15) is 5.26 Å². The highest BCUT2D eigenvalue weighted by Gasteiger charge is 2.24. The van der Waals surface area contributed by atoms with Gasteiger partial charge >= 0.3 is 0 Å². The molecule has 0 N–H and O–H groups in total. The van der Waals surface area contributed by atoms with E-state index in [1.807, 2.05) is 6.92 Å². The molecule has 1 unspecified atom stereocenters. The molecule has 0 spiro atoms. The molecule has 90 valence electrons. The van der Waals surface area contributed by atoms with Crippen molar-refractivity contribution < 1.29 is 8.78 Å². The molecule has 0 aliphatic carbocycles. The van der Waals surface area contributed by atoms with Crippen molar-refractivity contribution in [2.24, 2.45) is 0 Å². The summed E-state index contributed by atoms with van der Waals surface area (Å²) < 4.78 is 27.6. The number of rotatable bonds is 1. The highest BCUT2D eigenvalue weighted by Crippen LogP contribution is 2.30. The molecule has 17 heavy (non-hydrogen) atoms. The van der Waals surface area contributed by atoms with E-state index in [1.165, 1.54) is 0 Å². The first kappa shape index (κ1) is 11.8. The van der Waals surface area contributed by atoms with Crippen LogP contribution >= 0.6 is 0 Å². The lowest BCUT2D eigenvalue weighted by atomic mass is 10.0. The second-order valence-corrected chi connectivity index (χ2v) is 4.44. The molecule has 1 aliphatic heterocycles. The minimum atomic E-state index is -0.643. The van der Waals surface area contributed by atoms with Crippen LogP contribution in [-0.4, -0.2) is 12.6 Å². The van der Waals surface area contributed by atoms with E-state index in [9.17, 15) is 8.78 Å². The Bertz CT molecular complexity index is 442. The summed E-state index contributed by atoms with van der Waals surface area (Å²) in [6.45, 7) is 2.64. The van der Waals surface area contributed by atoms with Gasteiger partial charge in [-0.3, -0.25) is 0 Å². The van der Waals surface area contributed by atoms with Crippen LogP contribution in [0, 0.1) is 23.0 Å². The molecular formula is C13H14F2N2. The van der Waals surface area contributed by atoms with E-state index in [0.29, 0.717) is 6.54 Å². The lowest BCUT2D eigenvalue weighted by Crippen LogP contribution is -2.38. The van der Waals surface area contributed by atoms with Crippen molar-refractivity contribution in [1.29, 1.82) is 5.26 Å². The van der Waals surface area contributed by atoms with Crippen molar-refractivity contribution in [2.75, 3.05) is 11.4 Å². The number of piperidine rings is 1. The van der Waals surface area contributed by atoms with Crippen LogP contribution in [0.15, 0.2) is 12.1 Å². The van der Waals surface area contributed by atoms with Gasteiger partial charge in [-0.1, -0.05) is 0 Å². The average molecular weight is 236 g/mol. The minimum absolute atomic E-state index is 0.0104. The molecule has 0 bridgehead atoms. The van der Waals surface area contributed by atoms with Crippen molar-refractivity contribution in [1.82, 2.24) is 0 Å². The molecule has 1 aromatic carbocycles. The fraction of sp³-hybridized carbons (Fsp3) is 0.462. The van der Waals surface area contributed by atoms with Crippen LogP contribution in [0.2, 0.25) is 0 Å². The highest BCUT2D eigenvalue weighted by molar-refractivity contribution is 5.53. The Morgan fingerprint density at radius 3 is 2.47 bits per heavy atom. The molecular weight excluding hydrogens is 222 g/mol. The van der Waals surface area contributed by atoms with E-state index in [0.717, 1.165) is 31.4 Å². The average Bonchev–Trinajstić information content (AvgIpc) is 2.30. The Hall–Kier alpha value is -1.63. The second-order valence-electron chi connectivity index (χ2n) is 4.44. The van der Waals surface area contributed by atoms with Crippen molar-refractivity contribution in [3.63, 3.8) is 0 Å². The maximum absolute atomic E-state index is 13.8. The lowest BCUT2D eigenvalue weighted by molar-refractivity contribution is 0.464. The zero-order valence-corrected chi connectivity index (χ0v) is 9.71. The number of hydrogen-bond acceptors (Lipinski definition) is 2. The van der Waals surface area contributed by atoms with Crippen molar-refractivity contribution in [2.45, 2.75) is 32.2 Å². The molecule has 1 fully saturated rings. The van der Waals surface area contributed by atoms with Gasteiger partial charge < -0.3 is 4.90 Å². The summed E-state index contributed by atoms with van der Waals surface area (Å²) in [6, 6.07) is 4.08. The Balaban J connectivity index is 2.41. The number of halogens is 2. The predicted octanol–water partition coefficient (Wildman–Crippen LogP) is 3.22. The van der Waals surface area contributed by atoms with Gasteiger partial charge in [-0.15, -0.1) is 0 Å². The molecule has 2 rings (SSSR count). The van der Waals surface area contributed by atoms with Gasteiger partial charge in [0.15, 0.2) is 11.6 Å². The molecule has 0 radical (unpaired) electrons. The van der Waals surface area contributed by atoms with Crippen LogP contribution < -0.4 is 4.90 Å². The predicted molar refractivity (Wildman–Crippen MR) is 61.7 cm³/mol. The van der Waals surface area contributed by atoms with Crippen LogP contribution in [0.3, 0.4) is 0 Å².